The van der Waals surface area contributed by atoms with Crippen LogP contribution in [0.3, 0.4) is 0 Å². The van der Waals surface area contributed by atoms with Crippen LogP contribution in [0.1, 0.15) is 23.2 Å². The van der Waals surface area contributed by atoms with Crippen LogP contribution in [-0.2, 0) is 6.54 Å². The molecular weight excluding hydrogens is 356 g/mol. The third-order valence-corrected chi connectivity index (χ3v) is 5.09. The number of aromatic nitrogens is 1. The Morgan fingerprint density at radius 3 is 2.81 bits per heavy atom. The first kappa shape index (κ1) is 18.6. The molecule has 0 amide bonds. The Hall–Kier alpha value is -2.22. The molecule has 1 fully saturated rings. The standard InChI is InChI=1S/C18H23F2N5S/c1-3-21-18(23-10-14-9-22-12(2)26-14)24-13-7-8-25(11-13)17-15(19)5-4-6-16(17)20/h4-6,9,13H,3,7-8,10-11H2,1-2H3,(H2,21,23,24). The van der Waals surface area contributed by atoms with Gasteiger partial charge in [-0.25, -0.2) is 18.8 Å². The highest BCUT2D eigenvalue weighted by atomic mass is 32.1. The van der Waals surface area contributed by atoms with E-state index in [0.717, 1.165) is 22.9 Å². The summed E-state index contributed by atoms with van der Waals surface area (Å²) in [6.07, 6.45) is 2.63. The number of para-hydroxylation sites is 1. The number of thiazole rings is 1. The fourth-order valence-corrected chi connectivity index (χ4v) is 3.74. The van der Waals surface area contributed by atoms with E-state index >= 15 is 0 Å². The van der Waals surface area contributed by atoms with E-state index in [1.165, 1.54) is 18.2 Å². The van der Waals surface area contributed by atoms with Gasteiger partial charge in [0.05, 0.1) is 11.6 Å². The molecule has 1 saturated heterocycles. The van der Waals surface area contributed by atoms with Crippen molar-refractivity contribution in [2.24, 2.45) is 4.99 Å². The lowest BCUT2D eigenvalue weighted by atomic mass is 10.2. The number of rotatable bonds is 5. The van der Waals surface area contributed by atoms with Gasteiger partial charge in [-0.15, -0.1) is 11.3 Å². The van der Waals surface area contributed by atoms with Crippen LogP contribution >= 0.6 is 11.3 Å². The smallest absolute Gasteiger partial charge is 0.191 e. The van der Waals surface area contributed by atoms with Gasteiger partial charge < -0.3 is 15.5 Å². The topological polar surface area (TPSA) is 52.6 Å². The Bertz CT molecular complexity index is 756. The molecule has 1 aromatic heterocycles. The van der Waals surface area contributed by atoms with Crippen molar-refractivity contribution in [1.29, 1.82) is 0 Å². The van der Waals surface area contributed by atoms with Crippen LogP contribution in [0.5, 0.6) is 0 Å². The van der Waals surface area contributed by atoms with Crippen LogP contribution < -0.4 is 15.5 Å². The van der Waals surface area contributed by atoms with Crippen LogP contribution in [0.2, 0.25) is 0 Å². The molecule has 1 aliphatic heterocycles. The first-order valence-electron chi connectivity index (χ1n) is 8.72. The van der Waals surface area contributed by atoms with Gasteiger partial charge in [-0.2, -0.15) is 0 Å². The van der Waals surface area contributed by atoms with Gasteiger partial charge in [-0.1, -0.05) is 6.07 Å². The van der Waals surface area contributed by atoms with Crippen LogP contribution in [0.15, 0.2) is 29.4 Å². The van der Waals surface area contributed by atoms with E-state index in [9.17, 15) is 8.78 Å². The molecular formula is C18H23F2N5S. The molecule has 3 rings (SSSR count). The molecule has 26 heavy (non-hydrogen) atoms. The maximum absolute atomic E-state index is 14.0. The summed E-state index contributed by atoms with van der Waals surface area (Å²) in [7, 11) is 0. The molecule has 8 heteroatoms. The summed E-state index contributed by atoms with van der Waals surface area (Å²) in [5.74, 6) is -0.335. The predicted octanol–water partition coefficient (Wildman–Crippen LogP) is 3.06. The maximum Gasteiger partial charge on any atom is 0.191 e. The first-order chi connectivity index (χ1) is 12.6. The summed E-state index contributed by atoms with van der Waals surface area (Å²) in [6, 6.07) is 4.05. The van der Waals surface area contributed by atoms with E-state index in [-0.39, 0.29) is 11.7 Å². The van der Waals surface area contributed by atoms with Crippen molar-refractivity contribution in [3.05, 3.63) is 45.9 Å². The molecule has 0 bridgehead atoms. The SMILES string of the molecule is CCNC(=NCc1cnc(C)s1)NC1CCN(c2c(F)cccc2F)C1. The molecule has 1 aliphatic rings. The number of nitrogens with one attached hydrogen (secondary N) is 2. The van der Waals surface area contributed by atoms with Gasteiger partial charge in [0.1, 0.15) is 17.3 Å². The Labute approximate surface area is 156 Å². The van der Waals surface area contributed by atoms with E-state index in [2.05, 4.69) is 20.6 Å². The molecule has 5 nitrogen and oxygen atoms in total. The highest BCUT2D eigenvalue weighted by Crippen LogP contribution is 2.26. The van der Waals surface area contributed by atoms with E-state index in [1.54, 1.807) is 16.2 Å². The van der Waals surface area contributed by atoms with Gasteiger partial charge in [0.15, 0.2) is 5.96 Å². The zero-order valence-electron chi connectivity index (χ0n) is 14.9. The quantitative estimate of drug-likeness (QED) is 0.619. The van der Waals surface area contributed by atoms with Gasteiger partial charge in [-0.05, 0) is 32.4 Å². The normalized spacial score (nSPS) is 17.6. The lowest BCUT2D eigenvalue weighted by Gasteiger charge is -2.21. The van der Waals surface area contributed by atoms with Crippen LogP contribution in [0, 0.1) is 18.6 Å². The van der Waals surface area contributed by atoms with Crippen LogP contribution in [-0.4, -0.2) is 36.6 Å². The second-order valence-corrected chi connectivity index (χ2v) is 7.51. The summed E-state index contributed by atoms with van der Waals surface area (Å²) in [5.41, 5.74) is 0.0545. The van der Waals surface area contributed by atoms with E-state index in [0.29, 0.717) is 25.6 Å². The van der Waals surface area contributed by atoms with Crippen molar-refractivity contribution in [1.82, 2.24) is 15.6 Å². The Morgan fingerprint density at radius 2 is 2.15 bits per heavy atom. The molecule has 0 saturated carbocycles. The number of anilines is 1. The molecule has 1 aromatic carbocycles. The Morgan fingerprint density at radius 1 is 1.38 bits per heavy atom. The van der Waals surface area contributed by atoms with Gasteiger partial charge in [0.25, 0.3) is 0 Å². The molecule has 2 N–H and O–H groups in total. The van der Waals surface area contributed by atoms with Gasteiger partial charge in [0.2, 0.25) is 0 Å². The number of aliphatic imine (C=N–C) groups is 1. The Balaban J connectivity index is 1.63. The number of hydrogen-bond donors (Lipinski definition) is 2. The fourth-order valence-electron chi connectivity index (χ4n) is 3.02. The molecule has 2 heterocycles. The molecule has 1 atom stereocenters. The van der Waals surface area contributed by atoms with Gasteiger partial charge in [-0.3, -0.25) is 0 Å². The van der Waals surface area contributed by atoms with Crippen molar-refractivity contribution in [2.45, 2.75) is 32.9 Å². The largest absolute Gasteiger partial charge is 0.365 e. The van der Waals surface area contributed by atoms with Crippen LogP contribution in [0.4, 0.5) is 14.5 Å². The summed E-state index contributed by atoms with van der Waals surface area (Å²) < 4.78 is 28.0. The summed E-state index contributed by atoms with van der Waals surface area (Å²) >= 11 is 1.63. The minimum atomic E-state index is -0.521. The zero-order chi connectivity index (χ0) is 18.5. The zero-order valence-corrected chi connectivity index (χ0v) is 15.7. The van der Waals surface area contributed by atoms with Crippen molar-refractivity contribution in [3.8, 4) is 0 Å². The molecule has 0 radical (unpaired) electrons. The number of benzene rings is 1. The number of halogens is 2. The van der Waals surface area contributed by atoms with E-state index in [4.69, 9.17) is 0 Å². The predicted molar refractivity (Wildman–Crippen MR) is 102 cm³/mol. The summed E-state index contributed by atoms with van der Waals surface area (Å²) in [4.78, 5) is 11.7. The molecule has 0 spiro atoms. The lowest BCUT2D eigenvalue weighted by Crippen LogP contribution is -2.44. The van der Waals surface area contributed by atoms with Crippen molar-refractivity contribution >= 4 is 23.0 Å². The van der Waals surface area contributed by atoms with Crippen molar-refractivity contribution < 1.29 is 8.78 Å². The third kappa shape index (κ3) is 4.49. The maximum atomic E-state index is 14.0. The molecule has 1 unspecified atom stereocenters. The van der Waals surface area contributed by atoms with E-state index in [1.807, 2.05) is 20.0 Å². The average molecular weight is 379 g/mol. The minimum Gasteiger partial charge on any atom is -0.365 e. The minimum absolute atomic E-state index is 0.0545. The highest BCUT2D eigenvalue weighted by Gasteiger charge is 2.27. The van der Waals surface area contributed by atoms with E-state index < -0.39 is 11.6 Å². The number of nitrogens with zero attached hydrogens (tertiary/aromatic N) is 3. The summed E-state index contributed by atoms with van der Waals surface area (Å²) in [5, 5.41) is 7.61. The van der Waals surface area contributed by atoms with Gasteiger partial charge >= 0.3 is 0 Å². The second kappa shape index (κ2) is 8.44. The third-order valence-electron chi connectivity index (χ3n) is 4.19. The lowest BCUT2D eigenvalue weighted by molar-refractivity contribution is 0.576. The van der Waals surface area contributed by atoms with Crippen molar-refractivity contribution in [2.75, 3.05) is 24.5 Å². The average Bonchev–Trinajstić information content (AvgIpc) is 3.22. The first-order valence-corrected chi connectivity index (χ1v) is 9.53. The Kier molecular flexibility index (Phi) is 6.03. The fraction of sp³-hybridized carbons (Fsp3) is 0.444. The molecule has 140 valence electrons. The summed E-state index contributed by atoms with van der Waals surface area (Å²) in [6.45, 7) is 6.40. The number of hydrogen-bond acceptors (Lipinski definition) is 4. The van der Waals surface area contributed by atoms with Gasteiger partial charge in [0, 0.05) is 36.8 Å². The van der Waals surface area contributed by atoms with Crippen molar-refractivity contribution in [3.63, 3.8) is 0 Å². The molecule has 0 aliphatic carbocycles. The van der Waals surface area contributed by atoms with Crippen LogP contribution in [0.25, 0.3) is 0 Å². The number of aryl methyl sites for hydroxylation is 1. The highest BCUT2D eigenvalue weighted by molar-refractivity contribution is 7.11. The molecule has 2 aromatic rings. The second-order valence-electron chi connectivity index (χ2n) is 6.19. The monoisotopic (exact) mass is 379 g/mol. The number of guanidine groups is 1.